The van der Waals surface area contributed by atoms with Crippen LogP contribution in [0.5, 0.6) is 0 Å². The van der Waals surface area contributed by atoms with Gasteiger partial charge in [0.05, 0.1) is 6.61 Å². The molecule has 1 fully saturated rings. The molecule has 1 aliphatic carbocycles. The lowest BCUT2D eigenvalue weighted by molar-refractivity contribution is 0.0702. The lowest BCUT2D eigenvalue weighted by Gasteiger charge is -2.03. The third kappa shape index (κ3) is 9.36. The fourth-order valence-electron chi connectivity index (χ4n) is 3.12. The van der Waals surface area contributed by atoms with Gasteiger partial charge in [0.15, 0.2) is 0 Å². The molecule has 0 unspecified atom stereocenters. The number of halogens is 2. The zero-order valence-corrected chi connectivity index (χ0v) is 19.4. The summed E-state index contributed by atoms with van der Waals surface area (Å²) in [5.41, 5.74) is 1.89. The van der Waals surface area contributed by atoms with E-state index < -0.39 is 5.97 Å². The number of alkyl halides is 1. The number of hydrogen-bond donors (Lipinski definition) is 2. The van der Waals surface area contributed by atoms with Gasteiger partial charge in [-0.1, -0.05) is 37.1 Å². The van der Waals surface area contributed by atoms with E-state index in [0.717, 1.165) is 48.1 Å². The van der Waals surface area contributed by atoms with Crippen LogP contribution >= 0.6 is 34.5 Å². The molecule has 0 amide bonds. The summed E-state index contributed by atoms with van der Waals surface area (Å²) in [6.45, 7) is 2.11. The molecule has 2 aromatic rings. The van der Waals surface area contributed by atoms with Crippen molar-refractivity contribution in [1.29, 1.82) is 0 Å². The third-order valence-electron chi connectivity index (χ3n) is 4.50. The molecule has 3 nitrogen and oxygen atoms in total. The third-order valence-corrected chi connectivity index (χ3v) is 6.25. The number of aryl methyl sites for hydroxylation is 1. The first-order chi connectivity index (χ1) is 14.4. The predicted octanol–water partition coefficient (Wildman–Crippen LogP) is 6.90. The number of rotatable bonds is 6. The molecule has 1 aromatic heterocycles. The van der Waals surface area contributed by atoms with E-state index in [-0.39, 0.29) is 6.61 Å². The highest BCUT2D eigenvalue weighted by molar-refractivity contribution is 7.13. The lowest BCUT2D eigenvalue weighted by atomic mass is 10.0. The van der Waals surface area contributed by atoms with Crippen molar-refractivity contribution < 1.29 is 15.0 Å². The molecular weight excluding hydrogens is 439 g/mol. The van der Waals surface area contributed by atoms with Gasteiger partial charge in [-0.3, -0.25) is 0 Å². The molecule has 0 spiro atoms. The summed E-state index contributed by atoms with van der Waals surface area (Å²) in [5.74, 6) is -0.244. The minimum absolute atomic E-state index is 0.0224. The maximum atomic E-state index is 10.4. The molecule has 2 atom stereocenters. The van der Waals surface area contributed by atoms with Crippen LogP contribution in [0.1, 0.15) is 58.3 Å². The Kier molecular flexibility index (Phi) is 12.5. The standard InChI is InChI=1S/C14H16Cl2O.C8H10O2S.C2H2/c15-13-4-3-10(6-13)1-2-11-5-12(9-17)8-14(16)7-11;1-2-3-6-4-5-7(11-6)8(9)10;1-2/h1-2,5,7-8,10,13,17H,3-4,6,9H2;4-5H,2-3H2,1H3,(H,9,10);1-2H/b2-1+;;/t10-,13+;;/m0../s1. The fraction of sp³-hybridized carbons (Fsp3) is 0.375. The highest BCUT2D eigenvalue weighted by Gasteiger charge is 2.20. The maximum Gasteiger partial charge on any atom is 0.345 e. The van der Waals surface area contributed by atoms with Crippen molar-refractivity contribution in [1.82, 2.24) is 0 Å². The van der Waals surface area contributed by atoms with Crippen LogP contribution in [-0.2, 0) is 13.0 Å². The average molecular weight is 467 g/mol. The van der Waals surface area contributed by atoms with Crippen LogP contribution in [0.25, 0.3) is 6.08 Å². The first-order valence-electron chi connectivity index (χ1n) is 9.79. The minimum Gasteiger partial charge on any atom is -0.477 e. The van der Waals surface area contributed by atoms with Crippen molar-refractivity contribution in [3.63, 3.8) is 0 Å². The zero-order valence-electron chi connectivity index (χ0n) is 17.1. The molecular formula is C24H28Cl2O3S. The molecule has 1 aromatic carbocycles. The molecule has 0 bridgehead atoms. The number of terminal acetylenes is 1. The quantitative estimate of drug-likeness (QED) is 0.359. The number of carbonyl (C=O) groups is 1. The van der Waals surface area contributed by atoms with Crippen molar-refractivity contribution in [2.45, 2.75) is 51.0 Å². The second-order valence-corrected chi connectivity index (χ2v) is 9.12. The molecule has 30 heavy (non-hydrogen) atoms. The summed E-state index contributed by atoms with van der Waals surface area (Å²) in [4.78, 5) is 12.0. The van der Waals surface area contributed by atoms with Crippen LogP contribution < -0.4 is 0 Å². The van der Waals surface area contributed by atoms with E-state index in [1.807, 2.05) is 18.2 Å². The largest absolute Gasteiger partial charge is 0.477 e. The van der Waals surface area contributed by atoms with Gasteiger partial charge in [-0.2, -0.15) is 0 Å². The van der Waals surface area contributed by atoms with Crippen LogP contribution in [0.3, 0.4) is 0 Å². The van der Waals surface area contributed by atoms with E-state index in [0.29, 0.717) is 21.2 Å². The van der Waals surface area contributed by atoms with Gasteiger partial charge in [0, 0.05) is 15.3 Å². The highest BCUT2D eigenvalue weighted by Crippen LogP contribution is 2.31. The Labute approximate surface area is 193 Å². The topological polar surface area (TPSA) is 57.5 Å². The smallest absolute Gasteiger partial charge is 0.345 e. The number of aliphatic hydroxyl groups is 1. The van der Waals surface area contributed by atoms with Crippen molar-refractivity contribution in [2.24, 2.45) is 5.92 Å². The van der Waals surface area contributed by atoms with Gasteiger partial charge >= 0.3 is 5.97 Å². The zero-order chi connectivity index (χ0) is 22.5. The monoisotopic (exact) mass is 466 g/mol. The summed E-state index contributed by atoms with van der Waals surface area (Å²) in [7, 11) is 0. The molecule has 0 saturated heterocycles. The summed E-state index contributed by atoms with van der Waals surface area (Å²) in [6.07, 6.45) is 17.7. The highest BCUT2D eigenvalue weighted by atomic mass is 35.5. The molecule has 3 rings (SSSR count). The Morgan fingerprint density at radius 3 is 2.53 bits per heavy atom. The number of carboxylic acids is 1. The van der Waals surface area contributed by atoms with Gasteiger partial charge in [0.25, 0.3) is 0 Å². The van der Waals surface area contributed by atoms with E-state index in [1.165, 1.54) is 11.3 Å². The molecule has 2 N–H and O–H groups in total. The van der Waals surface area contributed by atoms with E-state index in [1.54, 1.807) is 12.1 Å². The number of allylic oxidation sites excluding steroid dienone is 1. The van der Waals surface area contributed by atoms with Crippen molar-refractivity contribution in [3.8, 4) is 12.8 Å². The van der Waals surface area contributed by atoms with Crippen LogP contribution in [0.15, 0.2) is 36.4 Å². The fourth-order valence-corrected chi connectivity index (χ4v) is 4.69. The van der Waals surface area contributed by atoms with Crippen molar-refractivity contribution in [2.75, 3.05) is 0 Å². The van der Waals surface area contributed by atoms with Gasteiger partial charge in [-0.15, -0.1) is 35.8 Å². The van der Waals surface area contributed by atoms with Gasteiger partial charge in [-0.05, 0) is 73.1 Å². The number of aromatic carboxylic acids is 1. The van der Waals surface area contributed by atoms with Gasteiger partial charge in [0.2, 0.25) is 0 Å². The number of benzene rings is 1. The van der Waals surface area contributed by atoms with Gasteiger partial charge in [-0.25, -0.2) is 4.79 Å². The number of hydrogen-bond acceptors (Lipinski definition) is 3. The Morgan fingerprint density at radius 2 is 2.00 bits per heavy atom. The van der Waals surface area contributed by atoms with Gasteiger partial charge in [0.1, 0.15) is 4.88 Å². The molecule has 1 aliphatic rings. The molecule has 6 heteroatoms. The Hall–Kier alpha value is -1.77. The van der Waals surface area contributed by atoms with E-state index in [4.69, 9.17) is 33.4 Å². The second kappa shape index (κ2) is 14.3. The Bertz CT molecular complexity index is 842. The Balaban J connectivity index is 0.000000300. The second-order valence-electron chi connectivity index (χ2n) is 6.90. The molecule has 0 aliphatic heterocycles. The molecule has 1 saturated carbocycles. The summed E-state index contributed by atoms with van der Waals surface area (Å²) < 4.78 is 0. The minimum atomic E-state index is -0.822. The summed E-state index contributed by atoms with van der Waals surface area (Å²) in [5, 5.41) is 18.7. The average Bonchev–Trinajstić information content (AvgIpc) is 3.37. The first-order valence-corrected chi connectivity index (χ1v) is 11.4. The summed E-state index contributed by atoms with van der Waals surface area (Å²) in [6, 6.07) is 9.19. The normalized spacial score (nSPS) is 17.7. The molecule has 162 valence electrons. The summed E-state index contributed by atoms with van der Waals surface area (Å²) >= 11 is 13.4. The predicted molar refractivity (Wildman–Crippen MR) is 129 cm³/mol. The van der Waals surface area contributed by atoms with Crippen LogP contribution in [0.4, 0.5) is 0 Å². The van der Waals surface area contributed by atoms with E-state index in [9.17, 15) is 4.79 Å². The van der Waals surface area contributed by atoms with Gasteiger partial charge < -0.3 is 10.2 Å². The van der Waals surface area contributed by atoms with Crippen LogP contribution in [-0.4, -0.2) is 21.6 Å². The maximum absolute atomic E-state index is 10.4. The van der Waals surface area contributed by atoms with E-state index >= 15 is 0 Å². The first kappa shape index (κ1) is 26.3. The van der Waals surface area contributed by atoms with Crippen LogP contribution in [0, 0.1) is 18.8 Å². The van der Waals surface area contributed by atoms with Crippen molar-refractivity contribution in [3.05, 3.63) is 62.3 Å². The Morgan fingerprint density at radius 1 is 1.27 bits per heavy atom. The lowest BCUT2D eigenvalue weighted by Crippen LogP contribution is -1.91. The molecule has 0 radical (unpaired) electrons. The SMILES string of the molecule is C#C.CCCc1ccc(C(=O)O)s1.OCc1cc(Cl)cc(/C=C/[C@H]2CC[C@@H](Cl)C2)c1. The number of aliphatic hydroxyl groups excluding tert-OH is 1. The number of carboxylic acid groups (broad SMARTS) is 1. The van der Waals surface area contributed by atoms with Crippen molar-refractivity contribution >= 4 is 46.6 Å². The number of thiophene rings is 1. The molecule has 1 heterocycles. The van der Waals surface area contributed by atoms with Crippen LogP contribution in [0.2, 0.25) is 5.02 Å². The van der Waals surface area contributed by atoms with E-state index in [2.05, 4.69) is 31.9 Å².